The molecular formula is C15H22N2O2. The smallest absolute Gasteiger partial charge is 0.251 e. The van der Waals surface area contributed by atoms with E-state index in [-0.39, 0.29) is 11.9 Å². The normalized spacial score (nSPS) is 16.1. The maximum absolute atomic E-state index is 12.2. The molecule has 0 unspecified atom stereocenters. The molecule has 0 atom stereocenters. The molecule has 0 saturated carbocycles. The topological polar surface area (TPSA) is 50.4 Å². The molecule has 0 spiro atoms. The predicted molar refractivity (Wildman–Crippen MR) is 76.6 cm³/mol. The number of carbonyl (C=O) groups is 1. The Balaban J connectivity index is 2.01. The van der Waals surface area contributed by atoms with Gasteiger partial charge in [0, 0.05) is 37.1 Å². The van der Waals surface area contributed by atoms with Crippen LogP contribution < -0.4 is 10.6 Å². The minimum absolute atomic E-state index is 0.0208. The van der Waals surface area contributed by atoms with Gasteiger partial charge < -0.3 is 15.4 Å². The number of aryl methyl sites for hydroxylation is 1. The van der Waals surface area contributed by atoms with Gasteiger partial charge in [-0.1, -0.05) is 0 Å². The van der Waals surface area contributed by atoms with Crippen molar-refractivity contribution >= 4 is 11.6 Å². The molecule has 0 bridgehead atoms. The van der Waals surface area contributed by atoms with Crippen LogP contribution in [0.15, 0.2) is 18.2 Å². The zero-order valence-corrected chi connectivity index (χ0v) is 11.7. The first-order chi connectivity index (χ1) is 9.20. The van der Waals surface area contributed by atoms with E-state index in [4.69, 9.17) is 4.74 Å². The lowest BCUT2D eigenvalue weighted by molar-refractivity contribution is 0.0696. The molecule has 1 aliphatic heterocycles. The molecule has 19 heavy (non-hydrogen) atoms. The Kier molecular flexibility index (Phi) is 4.80. The van der Waals surface area contributed by atoms with Crippen LogP contribution in [0.2, 0.25) is 0 Å². The van der Waals surface area contributed by atoms with E-state index in [2.05, 4.69) is 17.6 Å². The average molecular weight is 262 g/mol. The highest BCUT2D eigenvalue weighted by molar-refractivity contribution is 5.96. The summed E-state index contributed by atoms with van der Waals surface area (Å²) in [4.78, 5) is 12.2. The molecule has 1 heterocycles. The number of rotatable bonds is 4. The van der Waals surface area contributed by atoms with Crippen LogP contribution in [0.1, 0.15) is 35.7 Å². The van der Waals surface area contributed by atoms with E-state index in [0.717, 1.165) is 49.4 Å². The summed E-state index contributed by atoms with van der Waals surface area (Å²) in [5.41, 5.74) is 2.82. The molecule has 0 aliphatic carbocycles. The molecule has 2 N–H and O–H groups in total. The summed E-state index contributed by atoms with van der Waals surface area (Å²) in [6, 6.07) is 6.11. The van der Waals surface area contributed by atoms with E-state index in [0.29, 0.717) is 0 Å². The number of carbonyl (C=O) groups excluding carboxylic acids is 1. The Morgan fingerprint density at radius 1 is 1.37 bits per heavy atom. The van der Waals surface area contributed by atoms with Gasteiger partial charge in [0.2, 0.25) is 0 Å². The monoisotopic (exact) mass is 262 g/mol. The summed E-state index contributed by atoms with van der Waals surface area (Å²) in [6.07, 6.45) is 1.81. The number of hydrogen-bond donors (Lipinski definition) is 2. The van der Waals surface area contributed by atoms with Crippen molar-refractivity contribution in [1.29, 1.82) is 0 Å². The highest BCUT2D eigenvalue weighted by Crippen LogP contribution is 2.16. The SMILES string of the molecule is CCNc1ccc(C(=O)NC2CCOCC2)c(C)c1. The molecule has 1 aromatic carbocycles. The van der Waals surface area contributed by atoms with Gasteiger partial charge in [0.05, 0.1) is 0 Å². The fourth-order valence-electron chi connectivity index (χ4n) is 2.34. The van der Waals surface area contributed by atoms with E-state index >= 15 is 0 Å². The standard InChI is InChI=1S/C15H22N2O2/c1-3-16-13-4-5-14(11(2)10-13)15(18)17-12-6-8-19-9-7-12/h4-5,10,12,16H,3,6-9H2,1-2H3,(H,17,18). The maximum atomic E-state index is 12.2. The van der Waals surface area contributed by atoms with Gasteiger partial charge >= 0.3 is 0 Å². The third-order valence-corrected chi connectivity index (χ3v) is 3.41. The molecule has 0 aromatic heterocycles. The molecule has 104 valence electrons. The van der Waals surface area contributed by atoms with Crippen molar-refractivity contribution in [3.05, 3.63) is 29.3 Å². The van der Waals surface area contributed by atoms with Gasteiger partial charge in [-0.25, -0.2) is 0 Å². The highest BCUT2D eigenvalue weighted by atomic mass is 16.5. The molecule has 1 saturated heterocycles. The molecule has 4 nitrogen and oxygen atoms in total. The molecule has 1 aliphatic rings. The number of amides is 1. The third kappa shape index (κ3) is 3.70. The first-order valence-corrected chi connectivity index (χ1v) is 6.94. The number of ether oxygens (including phenoxy) is 1. The van der Waals surface area contributed by atoms with Gasteiger partial charge in [-0.05, 0) is 50.5 Å². The predicted octanol–water partition coefficient (Wildman–Crippen LogP) is 2.34. The van der Waals surface area contributed by atoms with E-state index in [1.165, 1.54) is 0 Å². The molecule has 1 fully saturated rings. The Hall–Kier alpha value is -1.55. The molecule has 2 rings (SSSR count). The zero-order valence-electron chi connectivity index (χ0n) is 11.7. The first kappa shape index (κ1) is 13.9. The summed E-state index contributed by atoms with van der Waals surface area (Å²) in [7, 11) is 0. The van der Waals surface area contributed by atoms with E-state index in [1.807, 2.05) is 25.1 Å². The fourth-order valence-corrected chi connectivity index (χ4v) is 2.34. The number of benzene rings is 1. The van der Waals surface area contributed by atoms with Crippen LogP contribution in [0.5, 0.6) is 0 Å². The van der Waals surface area contributed by atoms with Gasteiger partial charge in [-0.15, -0.1) is 0 Å². The van der Waals surface area contributed by atoms with Crippen molar-refractivity contribution in [2.24, 2.45) is 0 Å². The van der Waals surface area contributed by atoms with Crippen molar-refractivity contribution in [3.63, 3.8) is 0 Å². The Morgan fingerprint density at radius 2 is 2.11 bits per heavy atom. The molecule has 4 heteroatoms. The van der Waals surface area contributed by atoms with Crippen LogP contribution in [0.3, 0.4) is 0 Å². The van der Waals surface area contributed by atoms with Crippen LogP contribution >= 0.6 is 0 Å². The van der Waals surface area contributed by atoms with Crippen LogP contribution in [-0.2, 0) is 4.74 Å². The average Bonchev–Trinajstić information content (AvgIpc) is 2.40. The van der Waals surface area contributed by atoms with Crippen LogP contribution in [-0.4, -0.2) is 31.7 Å². The van der Waals surface area contributed by atoms with Gasteiger partial charge in [0.15, 0.2) is 0 Å². The summed E-state index contributed by atoms with van der Waals surface area (Å²) in [5.74, 6) is 0.0208. The van der Waals surface area contributed by atoms with Crippen molar-refractivity contribution in [2.45, 2.75) is 32.7 Å². The van der Waals surface area contributed by atoms with Crippen LogP contribution in [0.25, 0.3) is 0 Å². The van der Waals surface area contributed by atoms with Crippen molar-refractivity contribution < 1.29 is 9.53 Å². The molecule has 0 radical (unpaired) electrons. The molecule has 1 amide bonds. The second kappa shape index (κ2) is 6.57. The number of hydrogen-bond acceptors (Lipinski definition) is 3. The third-order valence-electron chi connectivity index (χ3n) is 3.41. The second-order valence-electron chi connectivity index (χ2n) is 4.92. The van der Waals surface area contributed by atoms with Gasteiger partial charge in [-0.2, -0.15) is 0 Å². The van der Waals surface area contributed by atoms with Crippen molar-refractivity contribution in [3.8, 4) is 0 Å². The lowest BCUT2D eigenvalue weighted by Gasteiger charge is -2.23. The maximum Gasteiger partial charge on any atom is 0.251 e. The number of nitrogens with one attached hydrogen (secondary N) is 2. The van der Waals surface area contributed by atoms with Crippen molar-refractivity contribution in [1.82, 2.24) is 5.32 Å². The van der Waals surface area contributed by atoms with E-state index in [9.17, 15) is 4.79 Å². The Labute approximate surface area is 114 Å². The summed E-state index contributed by atoms with van der Waals surface area (Å²) >= 11 is 0. The fraction of sp³-hybridized carbons (Fsp3) is 0.533. The molecule has 1 aromatic rings. The van der Waals surface area contributed by atoms with E-state index < -0.39 is 0 Å². The van der Waals surface area contributed by atoms with Gasteiger partial charge in [0.1, 0.15) is 0 Å². The minimum atomic E-state index is 0.0208. The largest absolute Gasteiger partial charge is 0.385 e. The lowest BCUT2D eigenvalue weighted by Crippen LogP contribution is -2.39. The van der Waals surface area contributed by atoms with Crippen LogP contribution in [0, 0.1) is 6.92 Å². The van der Waals surface area contributed by atoms with Crippen LogP contribution in [0.4, 0.5) is 5.69 Å². The number of anilines is 1. The Morgan fingerprint density at radius 3 is 2.74 bits per heavy atom. The molecular weight excluding hydrogens is 240 g/mol. The summed E-state index contributed by atoms with van der Waals surface area (Å²) in [6.45, 7) is 6.39. The highest BCUT2D eigenvalue weighted by Gasteiger charge is 2.18. The lowest BCUT2D eigenvalue weighted by atomic mass is 10.0. The summed E-state index contributed by atoms with van der Waals surface area (Å²) in [5, 5.41) is 6.34. The summed E-state index contributed by atoms with van der Waals surface area (Å²) < 4.78 is 5.29. The minimum Gasteiger partial charge on any atom is -0.385 e. The van der Waals surface area contributed by atoms with Gasteiger partial charge in [-0.3, -0.25) is 4.79 Å². The van der Waals surface area contributed by atoms with E-state index in [1.54, 1.807) is 0 Å². The van der Waals surface area contributed by atoms with Crippen molar-refractivity contribution in [2.75, 3.05) is 25.1 Å². The quantitative estimate of drug-likeness (QED) is 0.875. The zero-order chi connectivity index (χ0) is 13.7. The van der Waals surface area contributed by atoms with Gasteiger partial charge in [0.25, 0.3) is 5.91 Å². The second-order valence-corrected chi connectivity index (χ2v) is 4.92. The Bertz CT molecular complexity index is 440. The first-order valence-electron chi connectivity index (χ1n) is 6.94.